The second kappa shape index (κ2) is 6.50. The molecule has 0 amide bonds. The summed E-state index contributed by atoms with van der Waals surface area (Å²) in [7, 11) is 0.929. The molecule has 0 aliphatic carbocycles. The van der Waals surface area contributed by atoms with Gasteiger partial charge in [0.05, 0.1) is 18.3 Å². The van der Waals surface area contributed by atoms with E-state index >= 15 is 0 Å². The Hall–Kier alpha value is -1.59. The third-order valence-electron chi connectivity index (χ3n) is 4.76. The fourth-order valence-electron chi connectivity index (χ4n) is 2.59. The molecule has 0 bridgehead atoms. The maximum atomic E-state index is 12.2. The van der Waals surface area contributed by atoms with Crippen molar-refractivity contribution >= 4 is 18.7 Å². The van der Waals surface area contributed by atoms with Crippen molar-refractivity contribution < 1.29 is 18.8 Å². The average Bonchev–Trinajstić information content (AvgIpc) is 2.71. The van der Waals surface area contributed by atoms with E-state index in [9.17, 15) is 4.79 Å². The monoisotopic (exact) mass is 316 g/mol. The SMILES string of the molecule is COC(=O)/C(CB1OC(C)(C)C(C)(C)O1)=C(/C)c1ccccc1. The van der Waals surface area contributed by atoms with E-state index < -0.39 is 18.3 Å². The topological polar surface area (TPSA) is 44.8 Å². The summed E-state index contributed by atoms with van der Waals surface area (Å²) < 4.78 is 17.0. The predicted octanol–water partition coefficient (Wildman–Crippen LogP) is 3.73. The lowest BCUT2D eigenvalue weighted by atomic mass is 9.78. The van der Waals surface area contributed by atoms with E-state index in [1.165, 1.54) is 7.11 Å². The van der Waals surface area contributed by atoms with E-state index in [2.05, 4.69) is 0 Å². The molecule has 0 saturated carbocycles. The van der Waals surface area contributed by atoms with Gasteiger partial charge in [0.25, 0.3) is 0 Å². The first-order valence-corrected chi connectivity index (χ1v) is 7.87. The Balaban J connectivity index is 2.30. The van der Waals surface area contributed by atoms with Crippen molar-refractivity contribution in [3.63, 3.8) is 0 Å². The van der Waals surface area contributed by atoms with Crippen molar-refractivity contribution in [2.45, 2.75) is 52.1 Å². The summed E-state index contributed by atoms with van der Waals surface area (Å²) in [6.07, 6.45) is 0.361. The van der Waals surface area contributed by atoms with Crippen molar-refractivity contribution in [2.24, 2.45) is 0 Å². The Morgan fingerprint density at radius 2 is 1.61 bits per heavy atom. The van der Waals surface area contributed by atoms with Crippen LogP contribution >= 0.6 is 0 Å². The van der Waals surface area contributed by atoms with E-state index in [4.69, 9.17) is 14.0 Å². The van der Waals surface area contributed by atoms with Crippen molar-refractivity contribution in [1.82, 2.24) is 0 Å². The molecule has 1 aliphatic heterocycles. The Morgan fingerprint density at radius 3 is 2.09 bits per heavy atom. The lowest BCUT2D eigenvalue weighted by molar-refractivity contribution is -0.136. The summed E-state index contributed by atoms with van der Waals surface area (Å²) in [6, 6.07) is 9.79. The van der Waals surface area contributed by atoms with Crippen LogP contribution in [0, 0.1) is 0 Å². The fourth-order valence-corrected chi connectivity index (χ4v) is 2.59. The van der Waals surface area contributed by atoms with E-state index in [1.807, 2.05) is 65.0 Å². The van der Waals surface area contributed by atoms with Crippen LogP contribution in [-0.2, 0) is 18.8 Å². The number of hydrogen-bond acceptors (Lipinski definition) is 4. The summed E-state index contributed by atoms with van der Waals surface area (Å²) in [5.74, 6) is -0.346. The van der Waals surface area contributed by atoms with Gasteiger partial charge in [0, 0.05) is 11.9 Å². The number of allylic oxidation sites excluding steroid dienone is 1. The molecule has 2 rings (SSSR count). The Bertz CT molecular complexity index is 589. The van der Waals surface area contributed by atoms with Gasteiger partial charge in [0.2, 0.25) is 0 Å². The number of carbonyl (C=O) groups excluding carboxylic acids is 1. The van der Waals surface area contributed by atoms with E-state index in [0.717, 1.165) is 11.1 Å². The lowest BCUT2D eigenvalue weighted by Gasteiger charge is -2.32. The zero-order valence-corrected chi connectivity index (χ0v) is 14.8. The third kappa shape index (κ3) is 3.67. The van der Waals surface area contributed by atoms with Crippen LogP contribution in [0.2, 0.25) is 6.32 Å². The molecule has 23 heavy (non-hydrogen) atoms. The molecule has 0 aromatic heterocycles. The number of ether oxygens (including phenoxy) is 1. The van der Waals surface area contributed by atoms with Gasteiger partial charge in [-0.2, -0.15) is 0 Å². The molecule has 5 heteroatoms. The summed E-state index contributed by atoms with van der Waals surface area (Å²) in [5, 5.41) is 0. The van der Waals surface area contributed by atoms with Gasteiger partial charge in [-0.05, 0) is 45.8 Å². The molecular formula is C18H25BO4. The highest BCUT2D eigenvalue weighted by Gasteiger charge is 2.51. The number of esters is 1. The molecule has 1 aromatic carbocycles. The largest absolute Gasteiger partial charge is 0.466 e. The highest BCUT2D eigenvalue weighted by Crippen LogP contribution is 2.39. The smallest absolute Gasteiger partial charge is 0.462 e. The number of carbonyl (C=O) groups is 1. The van der Waals surface area contributed by atoms with Gasteiger partial charge >= 0.3 is 13.1 Å². The van der Waals surface area contributed by atoms with E-state index in [-0.39, 0.29) is 5.97 Å². The van der Waals surface area contributed by atoms with Gasteiger partial charge in [-0.3, -0.25) is 0 Å². The Kier molecular flexibility index (Phi) is 5.02. The third-order valence-corrected chi connectivity index (χ3v) is 4.76. The molecule has 0 radical (unpaired) electrons. The molecule has 1 fully saturated rings. The zero-order chi connectivity index (χ0) is 17.3. The predicted molar refractivity (Wildman–Crippen MR) is 91.9 cm³/mol. The minimum absolute atomic E-state index is 0.346. The van der Waals surface area contributed by atoms with E-state index in [0.29, 0.717) is 11.9 Å². The average molecular weight is 316 g/mol. The van der Waals surface area contributed by atoms with Gasteiger partial charge in [-0.15, -0.1) is 0 Å². The second-order valence-electron chi connectivity index (χ2n) is 6.85. The molecule has 1 saturated heterocycles. The number of methoxy groups -OCH3 is 1. The van der Waals surface area contributed by atoms with Crippen LogP contribution < -0.4 is 0 Å². The summed E-state index contributed by atoms with van der Waals surface area (Å²) in [6.45, 7) is 9.92. The highest BCUT2D eigenvalue weighted by atomic mass is 16.7. The zero-order valence-electron chi connectivity index (χ0n) is 14.8. The Morgan fingerprint density at radius 1 is 1.09 bits per heavy atom. The van der Waals surface area contributed by atoms with Crippen LogP contribution in [-0.4, -0.2) is 31.4 Å². The van der Waals surface area contributed by atoms with Crippen molar-refractivity contribution in [2.75, 3.05) is 7.11 Å². The first kappa shape index (κ1) is 17.8. The Labute approximate surface area is 139 Å². The minimum Gasteiger partial charge on any atom is -0.466 e. The van der Waals surface area contributed by atoms with Crippen molar-refractivity contribution in [3.05, 3.63) is 41.5 Å². The molecule has 4 nitrogen and oxygen atoms in total. The number of rotatable bonds is 4. The quantitative estimate of drug-likeness (QED) is 0.482. The minimum atomic E-state index is -0.465. The first-order valence-electron chi connectivity index (χ1n) is 7.87. The summed E-state index contributed by atoms with van der Waals surface area (Å²) >= 11 is 0. The molecule has 0 atom stereocenters. The van der Waals surface area contributed by atoms with Gasteiger partial charge in [-0.25, -0.2) is 4.79 Å². The number of hydrogen-bond donors (Lipinski definition) is 0. The lowest BCUT2D eigenvalue weighted by Crippen LogP contribution is -2.41. The van der Waals surface area contributed by atoms with Crippen LogP contribution in [0.1, 0.15) is 40.2 Å². The molecule has 124 valence electrons. The van der Waals surface area contributed by atoms with Gasteiger partial charge < -0.3 is 14.0 Å². The maximum absolute atomic E-state index is 12.2. The molecule has 1 aromatic rings. The fraction of sp³-hybridized carbons (Fsp3) is 0.500. The first-order chi connectivity index (χ1) is 10.7. The molecular weight excluding hydrogens is 291 g/mol. The van der Waals surface area contributed by atoms with E-state index in [1.54, 1.807) is 0 Å². The van der Waals surface area contributed by atoms with Crippen molar-refractivity contribution in [3.8, 4) is 0 Å². The second-order valence-corrected chi connectivity index (χ2v) is 6.85. The molecule has 0 N–H and O–H groups in total. The van der Waals surface area contributed by atoms with Gasteiger partial charge in [0.15, 0.2) is 0 Å². The molecule has 0 spiro atoms. The van der Waals surface area contributed by atoms with Crippen LogP contribution in [0.25, 0.3) is 5.57 Å². The highest BCUT2D eigenvalue weighted by molar-refractivity contribution is 6.47. The molecule has 1 heterocycles. The van der Waals surface area contributed by atoms with Gasteiger partial charge in [-0.1, -0.05) is 30.3 Å². The normalized spacial score (nSPS) is 20.2. The molecule has 0 unspecified atom stereocenters. The maximum Gasteiger partial charge on any atom is 0.462 e. The van der Waals surface area contributed by atoms with Crippen molar-refractivity contribution in [1.29, 1.82) is 0 Å². The van der Waals surface area contributed by atoms with Crippen LogP contribution in [0.5, 0.6) is 0 Å². The van der Waals surface area contributed by atoms with Crippen LogP contribution in [0.15, 0.2) is 35.9 Å². The van der Waals surface area contributed by atoms with Crippen LogP contribution in [0.3, 0.4) is 0 Å². The van der Waals surface area contributed by atoms with Crippen LogP contribution in [0.4, 0.5) is 0 Å². The molecule has 1 aliphatic rings. The standard InChI is InChI=1S/C18H25BO4/c1-13(14-10-8-7-9-11-14)15(16(20)21-6)12-19-22-17(2,3)18(4,5)23-19/h7-11H,12H2,1-6H3/b15-13-. The number of benzene rings is 1. The summed E-state index contributed by atoms with van der Waals surface area (Å²) in [4.78, 5) is 12.2. The van der Waals surface area contributed by atoms with Gasteiger partial charge in [0.1, 0.15) is 0 Å². The summed E-state index contributed by atoms with van der Waals surface area (Å²) in [5.41, 5.74) is 1.62.